The van der Waals surface area contributed by atoms with Crippen molar-refractivity contribution in [1.29, 1.82) is 0 Å². The maximum absolute atomic E-state index is 13.5. The number of nitrogens with zero attached hydrogens (tertiary/aromatic N) is 2. The highest BCUT2D eigenvalue weighted by molar-refractivity contribution is 7.98. The summed E-state index contributed by atoms with van der Waals surface area (Å²) in [5, 5.41) is 3.35. The Balaban J connectivity index is 1.73. The molecule has 21 heavy (non-hydrogen) atoms. The molecule has 0 spiro atoms. The zero-order valence-corrected chi connectivity index (χ0v) is 13.5. The smallest absolute Gasteiger partial charge is 0.193 e. The van der Waals surface area contributed by atoms with Gasteiger partial charge in [0, 0.05) is 31.1 Å². The molecule has 1 saturated heterocycles. The lowest BCUT2D eigenvalue weighted by Crippen LogP contribution is -2.39. The Bertz CT molecular complexity index is 459. The summed E-state index contributed by atoms with van der Waals surface area (Å²) in [4.78, 5) is 6.99. The minimum Gasteiger partial charge on any atom is -0.357 e. The Kier molecular flexibility index (Phi) is 6.86. The van der Waals surface area contributed by atoms with Crippen molar-refractivity contribution in [3.63, 3.8) is 0 Å². The molecule has 2 rings (SSSR count). The SMILES string of the molecule is CCNC(=NCCSCc1ccccc1F)N1CCCC1. The number of rotatable bonds is 6. The van der Waals surface area contributed by atoms with Crippen LogP contribution in [0.5, 0.6) is 0 Å². The summed E-state index contributed by atoms with van der Waals surface area (Å²) >= 11 is 1.73. The van der Waals surface area contributed by atoms with Crippen LogP contribution in [0.2, 0.25) is 0 Å². The normalized spacial score (nSPS) is 15.5. The van der Waals surface area contributed by atoms with Gasteiger partial charge in [0.2, 0.25) is 0 Å². The van der Waals surface area contributed by atoms with Crippen molar-refractivity contribution < 1.29 is 4.39 Å². The molecular weight excluding hydrogens is 285 g/mol. The molecule has 3 nitrogen and oxygen atoms in total. The van der Waals surface area contributed by atoms with Crippen LogP contribution < -0.4 is 5.32 Å². The van der Waals surface area contributed by atoms with Gasteiger partial charge in [0.1, 0.15) is 5.82 Å². The van der Waals surface area contributed by atoms with E-state index in [0.29, 0.717) is 5.75 Å². The predicted octanol–water partition coefficient (Wildman–Crippen LogP) is 3.12. The first kappa shape index (κ1) is 16.1. The van der Waals surface area contributed by atoms with Crippen molar-refractivity contribution >= 4 is 17.7 Å². The molecule has 1 aromatic carbocycles. The van der Waals surface area contributed by atoms with Crippen LogP contribution in [-0.4, -0.2) is 42.8 Å². The largest absolute Gasteiger partial charge is 0.357 e. The van der Waals surface area contributed by atoms with E-state index in [4.69, 9.17) is 0 Å². The Morgan fingerprint density at radius 2 is 2.10 bits per heavy atom. The van der Waals surface area contributed by atoms with Crippen LogP contribution >= 0.6 is 11.8 Å². The molecule has 1 aliphatic rings. The van der Waals surface area contributed by atoms with E-state index < -0.39 is 0 Å². The van der Waals surface area contributed by atoms with E-state index in [-0.39, 0.29) is 5.82 Å². The second-order valence-corrected chi connectivity index (χ2v) is 6.18. The maximum Gasteiger partial charge on any atom is 0.193 e. The van der Waals surface area contributed by atoms with E-state index in [1.165, 1.54) is 18.9 Å². The number of hydrogen-bond acceptors (Lipinski definition) is 2. The Hall–Kier alpha value is -1.23. The van der Waals surface area contributed by atoms with E-state index in [0.717, 1.165) is 43.5 Å². The summed E-state index contributed by atoms with van der Waals surface area (Å²) in [7, 11) is 0. The number of halogens is 1. The minimum atomic E-state index is -0.112. The second kappa shape index (κ2) is 8.93. The fourth-order valence-corrected chi connectivity index (χ4v) is 3.19. The highest BCUT2D eigenvalue weighted by atomic mass is 32.2. The lowest BCUT2D eigenvalue weighted by molar-refractivity contribution is 0.494. The number of thioether (sulfide) groups is 1. The van der Waals surface area contributed by atoms with Gasteiger partial charge in [0.25, 0.3) is 0 Å². The van der Waals surface area contributed by atoms with Crippen molar-refractivity contribution in [3.8, 4) is 0 Å². The number of nitrogens with one attached hydrogen (secondary N) is 1. The summed E-state index contributed by atoms with van der Waals surface area (Å²) in [5.74, 6) is 2.54. The number of hydrogen-bond donors (Lipinski definition) is 1. The third-order valence-electron chi connectivity index (χ3n) is 3.45. The first-order chi connectivity index (χ1) is 10.3. The van der Waals surface area contributed by atoms with E-state index >= 15 is 0 Å². The number of guanidine groups is 1. The van der Waals surface area contributed by atoms with Gasteiger partial charge in [-0.2, -0.15) is 11.8 Å². The van der Waals surface area contributed by atoms with Crippen molar-refractivity contribution in [3.05, 3.63) is 35.6 Å². The second-order valence-electron chi connectivity index (χ2n) is 5.07. The molecule has 0 bridgehead atoms. The lowest BCUT2D eigenvalue weighted by atomic mass is 10.2. The highest BCUT2D eigenvalue weighted by Gasteiger charge is 2.15. The molecule has 1 aromatic rings. The molecule has 0 atom stereocenters. The van der Waals surface area contributed by atoms with E-state index in [9.17, 15) is 4.39 Å². The van der Waals surface area contributed by atoms with Gasteiger partial charge < -0.3 is 10.2 Å². The molecule has 0 radical (unpaired) electrons. The molecule has 0 amide bonds. The van der Waals surface area contributed by atoms with Crippen LogP contribution in [-0.2, 0) is 5.75 Å². The quantitative estimate of drug-likeness (QED) is 0.497. The van der Waals surface area contributed by atoms with Crippen LogP contribution in [0.1, 0.15) is 25.3 Å². The third kappa shape index (κ3) is 5.23. The fraction of sp³-hybridized carbons (Fsp3) is 0.562. The van der Waals surface area contributed by atoms with Gasteiger partial charge in [-0.1, -0.05) is 18.2 Å². The molecule has 1 fully saturated rings. The Labute approximate surface area is 131 Å². The highest BCUT2D eigenvalue weighted by Crippen LogP contribution is 2.15. The molecular formula is C16H24FN3S. The molecule has 0 saturated carbocycles. The van der Waals surface area contributed by atoms with Crippen LogP contribution in [0.25, 0.3) is 0 Å². The standard InChI is InChI=1S/C16H24FN3S/c1-2-18-16(20-10-5-6-11-20)19-9-12-21-13-14-7-3-4-8-15(14)17/h3-4,7-8H,2,5-6,9-13H2,1H3,(H,18,19). The predicted molar refractivity (Wildman–Crippen MR) is 89.3 cm³/mol. The monoisotopic (exact) mass is 309 g/mol. The van der Waals surface area contributed by atoms with E-state index in [1.807, 2.05) is 12.1 Å². The molecule has 116 valence electrons. The van der Waals surface area contributed by atoms with Crippen molar-refractivity contribution in [2.24, 2.45) is 4.99 Å². The molecule has 1 aliphatic heterocycles. The van der Waals surface area contributed by atoms with Gasteiger partial charge in [0.05, 0.1) is 6.54 Å². The summed E-state index contributed by atoms with van der Waals surface area (Å²) < 4.78 is 13.5. The number of benzene rings is 1. The zero-order chi connectivity index (χ0) is 14.9. The summed E-state index contributed by atoms with van der Waals surface area (Å²) in [6.07, 6.45) is 2.51. The summed E-state index contributed by atoms with van der Waals surface area (Å²) in [5.41, 5.74) is 0.776. The van der Waals surface area contributed by atoms with E-state index in [2.05, 4.69) is 22.1 Å². The van der Waals surface area contributed by atoms with Crippen molar-refractivity contribution in [2.45, 2.75) is 25.5 Å². The lowest BCUT2D eigenvalue weighted by Gasteiger charge is -2.20. The van der Waals surface area contributed by atoms with E-state index in [1.54, 1.807) is 17.8 Å². The molecule has 5 heteroatoms. The maximum atomic E-state index is 13.5. The van der Waals surface area contributed by atoms with Gasteiger partial charge in [0.15, 0.2) is 5.96 Å². The van der Waals surface area contributed by atoms with Gasteiger partial charge in [-0.05, 0) is 31.4 Å². The molecule has 0 unspecified atom stereocenters. The average Bonchev–Trinajstić information content (AvgIpc) is 3.02. The minimum absolute atomic E-state index is 0.112. The summed E-state index contributed by atoms with van der Waals surface area (Å²) in [6, 6.07) is 6.98. The van der Waals surface area contributed by atoms with Crippen LogP contribution in [0.4, 0.5) is 4.39 Å². The van der Waals surface area contributed by atoms with Crippen LogP contribution in [0.15, 0.2) is 29.3 Å². The van der Waals surface area contributed by atoms with Gasteiger partial charge in [-0.3, -0.25) is 4.99 Å². The topological polar surface area (TPSA) is 27.6 Å². The van der Waals surface area contributed by atoms with Gasteiger partial charge in [-0.25, -0.2) is 4.39 Å². The van der Waals surface area contributed by atoms with Crippen molar-refractivity contribution in [1.82, 2.24) is 10.2 Å². The summed E-state index contributed by atoms with van der Waals surface area (Å²) in [6.45, 7) is 5.98. The first-order valence-electron chi connectivity index (χ1n) is 7.65. The molecule has 1 N–H and O–H groups in total. The number of aliphatic imine (C=N–C) groups is 1. The van der Waals surface area contributed by atoms with Gasteiger partial charge >= 0.3 is 0 Å². The molecule has 1 heterocycles. The zero-order valence-electron chi connectivity index (χ0n) is 12.6. The van der Waals surface area contributed by atoms with Gasteiger partial charge in [-0.15, -0.1) is 0 Å². The number of likely N-dealkylation sites (tertiary alicyclic amines) is 1. The first-order valence-corrected chi connectivity index (χ1v) is 8.81. The molecule has 0 aliphatic carbocycles. The Morgan fingerprint density at radius 3 is 2.81 bits per heavy atom. The molecule has 0 aromatic heterocycles. The average molecular weight is 309 g/mol. The van der Waals surface area contributed by atoms with Crippen LogP contribution in [0, 0.1) is 5.82 Å². The third-order valence-corrected chi connectivity index (χ3v) is 4.44. The van der Waals surface area contributed by atoms with Crippen molar-refractivity contribution in [2.75, 3.05) is 31.9 Å². The fourth-order valence-electron chi connectivity index (χ4n) is 2.37. The Morgan fingerprint density at radius 1 is 1.33 bits per heavy atom. The van der Waals surface area contributed by atoms with Crippen LogP contribution in [0.3, 0.4) is 0 Å².